The van der Waals surface area contributed by atoms with Gasteiger partial charge >= 0.3 is 0 Å². The summed E-state index contributed by atoms with van der Waals surface area (Å²) in [6.07, 6.45) is 0. The fourth-order valence-corrected chi connectivity index (χ4v) is 2.79. The molecule has 4 nitrogen and oxygen atoms in total. The average molecular weight is 344 g/mol. The molecule has 4 heteroatoms. The van der Waals surface area contributed by atoms with Crippen molar-refractivity contribution in [3.8, 4) is 0 Å². The summed E-state index contributed by atoms with van der Waals surface area (Å²) in [7, 11) is 0. The fraction of sp³-hybridized carbons (Fsp3) is 0.0909. The molecule has 0 aliphatic heterocycles. The summed E-state index contributed by atoms with van der Waals surface area (Å²) in [6, 6.07) is 22.5. The normalized spacial score (nSPS) is 10.2. The van der Waals surface area contributed by atoms with E-state index in [0.29, 0.717) is 11.1 Å². The number of carbonyl (C=O) groups is 2. The molecule has 2 N–H and O–H groups in total. The standard InChI is InChI=1S/C22H20N2O2/c1-15(25)17-9-3-5-11-19(17)23-21-13-7-8-14-22(21)24-20-12-6-4-10-18(20)16(2)26/h3-14,23-24H,1-2H3. The third-order valence-corrected chi connectivity index (χ3v) is 4.08. The van der Waals surface area contributed by atoms with Crippen molar-refractivity contribution < 1.29 is 9.59 Å². The number of rotatable bonds is 6. The fourth-order valence-electron chi connectivity index (χ4n) is 2.79. The Hall–Kier alpha value is -3.40. The second-order valence-corrected chi connectivity index (χ2v) is 6.00. The Labute approximate surface area is 152 Å². The van der Waals surface area contributed by atoms with Gasteiger partial charge in [-0.1, -0.05) is 36.4 Å². The van der Waals surface area contributed by atoms with Crippen LogP contribution in [0.2, 0.25) is 0 Å². The highest BCUT2D eigenvalue weighted by Gasteiger charge is 2.11. The van der Waals surface area contributed by atoms with Gasteiger partial charge in [0.15, 0.2) is 11.6 Å². The average Bonchev–Trinajstić information content (AvgIpc) is 2.64. The lowest BCUT2D eigenvalue weighted by atomic mass is 10.1. The minimum atomic E-state index is 0.000431. The second-order valence-electron chi connectivity index (χ2n) is 6.00. The van der Waals surface area contributed by atoms with E-state index in [1.807, 2.05) is 60.7 Å². The number of para-hydroxylation sites is 4. The molecule has 0 fully saturated rings. The Kier molecular flexibility index (Phi) is 5.13. The smallest absolute Gasteiger partial charge is 0.161 e. The van der Waals surface area contributed by atoms with Gasteiger partial charge in [-0.15, -0.1) is 0 Å². The van der Waals surface area contributed by atoms with Crippen molar-refractivity contribution >= 4 is 34.3 Å². The molecule has 0 saturated heterocycles. The molecular weight excluding hydrogens is 324 g/mol. The number of benzene rings is 3. The van der Waals surface area contributed by atoms with Gasteiger partial charge in [0.05, 0.1) is 11.4 Å². The van der Waals surface area contributed by atoms with E-state index in [2.05, 4.69) is 10.6 Å². The van der Waals surface area contributed by atoms with Crippen LogP contribution in [0, 0.1) is 0 Å². The molecule has 0 bridgehead atoms. The first-order chi connectivity index (χ1) is 12.6. The maximum Gasteiger partial charge on any atom is 0.161 e. The predicted molar refractivity (Wildman–Crippen MR) is 106 cm³/mol. The highest BCUT2D eigenvalue weighted by Crippen LogP contribution is 2.31. The summed E-state index contributed by atoms with van der Waals surface area (Å²) in [4.78, 5) is 23.7. The molecule has 0 aliphatic carbocycles. The van der Waals surface area contributed by atoms with E-state index in [1.54, 1.807) is 26.0 Å². The molecule has 0 amide bonds. The topological polar surface area (TPSA) is 58.2 Å². The first kappa shape index (κ1) is 17.4. The maximum atomic E-state index is 11.9. The third-order valence-electron chi connectivity index (χ3n) is 4.08. The molecule has 0 unspecified atom stereocenters. The number of Topliss-reactive ketones (excluding diaryl/α,β-unsaturated/α-hetero) is 2. The SMILES string of the molecule is CC(=O)c1ccccc1Nc1ccccc1Nc1ccccc1C(C)=O. The highest BCUT2D eigenvalue weighted by atomic mass is 16.1. The molecule has 0 spiro atoms. The largest absolute Gasteiger partial charge is 0.353 e. The van der Waals surface area contributed by atoms with Crippen LogP contribution in [0.3, 0.4) is 0 Å². The number of ketones is 2. The molecule has 3 aromatic rings. The summed E-state index contributed by atoms with van der Waals surface area (Å²) in [5, 5.41) is 6.65. The van der Waals surface area contributed by atoms with E-state index < -0.39 is 0 Å². The van der Waals surface area contributed by atoms with Crippen molar-refractivity contribution in [3.63, 3.8) is 0 Å². The summed E-state index contributed by atoms with van der Waals surface area (Å²) in [5.41, 5.74) is 4.39. The zero-order valence-corrected chi connectivity index (χ0v) is 14.7. The van der Waals surface area contributed by atoms with Crippen LogP contribution < -0.4 is 10.6 Å². The van der Waals surface area contributed by atoms with Crippen molar-refractivity contribution in [2.75, 3.05) is 10.6 Å². The lowest BCUT2D eigenvalue weighted by Gasteiger charge is -2.16. The summed E-state index contributed by atoms with van der Waals surface area (Å²) < 4.78 is 0. The van der Waals surface area contributed by atoms with Crippen molar-refractivity contribution in [3.05, 3.63) is 83.9 Å². The molecule has 26 heavy (non-hydrogen) atoms. The summed E-state index contributed by atoms with van der Waals surface area (Å²) >= 11 is 0. The zero-order chi connectivity index (χ0) is 18.5. The molecule has 0 aliphatic rings. The minimum Gasteiger partial charge on any atom is -0.353 e. The third kappa shape index (κ3) is 3.81. The molecule has 0 atom stereocenters. The lowest BCUT2D eigenvalue weighted by molar-refractivity contribution is 0.101. The lowest BCUT2D eigenvalue weighted by Crippen LogP contribution is -2.04. The zero-order valence-electron chi connectivity index (χ0n) is 14.7. The minimum absolute atomic E-state index is 0.000431. The summed E-state index contributed by atoms with van der Waals surface area (Å²) in [5.74, 6) is 0.000862. The van der Waals surface area contributed by atoms with Crippen LogP contribution in [0.25, 0.3) is 0 Å². The first-order valence-electron chi connectivity index (χ1n) is 8.39. The van der Waals surface area contributed by atoms with Gasteiger partial charge in [0, 0.05) is 22.5 Å². The Morgan fingerprint density at radius 1 is 0.538 bits per heavy atom. The van der Waals surface area contributed by atoms with Crippen molar-refractivity contribution in [1.82, 2.24) is 0 Å². The van der Waals surface area contributed by atoms with E-state index in [-0.39, 0.29) is 11.6 Å². The molecule has 0 heterocycles. The molecule has 3 aromatic carbocycles. The van der Waals surface area contributed by atoms with Crippen LogP contribution in [0.1, 0.15) is 34.6 Å². The van der Waals surface area contributed by atoms with Crippen LogP contribution in [0.15, 0.2) is 72.8 Å². The van der Waals surface area contributed by atoms with Gasteiger partial charge in [0.1, 0.15) is 0 Å². The Balaban J connectivity index is 1.96. The first-order valence-corrected chi connectivity index (χ1v) is 8.39. The van der Waals surface area contributed by atoms with Gasteiger partial charge in [-0.3, -0.25) is 9.59 Å². The summed E-state index contributed by atoms with van der Waals surface area (Å²) in [6.45, 7) is 3.10. The van der Waals surface area contributed by atoms with Crippen LogP contribution in [-0.4, -0.2) is 11.6 Å². The van der Waals surface area contributed by atoms with E-state index in [9.17, 15) is 9.59 Å². The van der Waals surface area contributed by atoms with Crippen molar-refractivity contribution in [2.24, 2.45) is 0 Å². The molecular formula is C22H20N2O2. The number of anilines is 4. The number of carbonyl (C=O) groups excluding carboxylic acids is 2. The molecule has 0 saturated carbocycles. The second kappa shape index (κ2) is 7.66. The number of hydrogen-bond donors (Lipinski definition) is 2. The quantitative estimate of drug-likeness (QED) is 0.573. The molecule has 3 rings (SSSR count). The van der Waals surface area contributed by atoms with Crippen LogP contribution >= 0.6 is 0 Å². The van der Waals surface area contributed by atoms with Gasteiger partial charge in [-0.25, -0.2) is 0 Å². The monoisotopic (exact) mass is 344 g/mol. The molecule has 130 valence electrons. The molecule has 0 aromatic heterocycles. The van der Waals surface area contributed by atoms with Gasteiger partial charge in [-0.2, -0.15) is 0 Å². The maximum absolute atomic E-state index is 11.9. The van der Waals surface area contributed by atoms with Crippen LogP contribution in [-0.2, 0) is 0 Å². The van der Waals surface area contributed by atoms with Gasteiger partial charge in [-0.05, 0) is 50.2 Å². The van der Waals surface area contributed by atoms with E-state index in [4.69, 9.17) is 0 Å². The van der Waals surface area contributed by atoms with Crippen LogP contribution in [0.5, 0.6) is 0 Å². The Morgan fingerprint density at radius 3 is 1.19 bits per heavy atom. The number of nitrogens with one attached hydrogen (secondary N) is 2. The van der Waals surface area contributed by atoms with Gasteiger partial charge in [0.2, 0.25) is 0 Å². The van der Waals surface area contributed by atoms with E-state index in [1.165, 1.54) is 0 Å². The van der Waals surface area contributed by atoms with Gasteiger partial charge < -0.3 is 10.6 Å². The Bertz CT molecular complexity index is 885. The molecule has 0 radical (unpaired) electrons. The van der Waals surface area contributed by atoms with Crippen molar-refractivity contribution in [2.45, 2.75) is 13.8 Å². The predicted octanol–water partition coefficient (Wildman–Crippen LogP) is 5.58. The van der Waals surface area contributed by atoms with E-state index in [0.717, 1.165) is 22.7 Å². The Morgan fingerprint density at radius 2 is 0.846 bits per heavy atom. The number of hydrogen-bond acceptors (Lipinski definition) is 4. The van der Waals surface area contributed by atoms with E-state index >= 15 is 0 Å². The highest BCUT2D eigenvalue weighted by molar-refractivity contribution is 6.02. The van der Waals surface area contributed by atoms with Crippen molar-refractivity contribution in [1.29, 1.82) is 0 Å². The van der Waals surface area contributed by atoms with Crippen LogP contribution in [0.4, 0.5) is 22.7 Å². The van der Waals surface area contributed by atoms with Gasteiger partial charge in [0.25, 0.3) is 0 Å².